The molecule has 0 radical (unpaired) electrons. The molecule has 2 aromatic heterocycles. The molecular weight excluding hydrogens is 743 g/mol. The lowest BCUT2D eigenvalue weighted by Gasteiger charge is -2.37. The number of anilines is 4. The van der Waals surface area contributed by atoms with Crippen LogP contribution in [0.3, 0.4) is 0 Å². The van der Waals surface area contributed by atoms with Crippen molar-refractivity contribution < 1.29 is 8.78 Å². The second-order valence-corrected chi connectivity index (χ2v) is 16.7. The van der Waals surface area contributed by atoms with E-state index in [4.69, 9.17) is 0 Å². The van der Waals surface area contributed by atoms with Crippen LogP contribution in [0.2, 0.25) is 0 Å². The molecule has 1 unspecified atom stereocenters. The van der Waals surface area contributed by atoms with Crippen molar-refractivity contribution >= 4 is 66.4 Å². The van der Waals surface area contributed by atoms with Gasteiger partial charge >= 0.3 is 0 Å². The van der Waals surface area contributed by atoms with Crippen molar-refractivity contribution in [3.63, 3.8) is 0 Å². The largest absolute Gasteiger partial charge is 0.332 e. The van der Waals surface area contributed by atoms with Crippen molar-refractivity contribution in [2.75, 3.05) is 14.7 Å². The minimum Gasteiger partial charge on any atom is -0.332 e. The lowest BCUT2D eigenvalue weighted by molar-refractivity contribution is 0.612. The summed E-state index contributed by atoms with van der Waals surface area (Å²) in [5, 5.41) is 4.64. The minimum absolute atomic E-state index is 0.0242. The first-order valence-corrected chi connectivity index (χ1v) is 21.4. The van der Waals surface area contributed by atoms with Crippen molar-refractivity contribution in [1.29, 1.82) is 0 Å². The summed E-state index contributed by atoms with van der Waals surface area (Å²) in [5.41, 5.74) is 15.0. The average molecular weight is 783 g/mol. The number of hydrogen-bond acceptors (Lipinski definition) is 3. The Hall–Kier alpha value is -6.92. The van der Waals surface area contributed by atoms with Crippen LogP contribution < -0.4 is 14.7 Å². The topological polar surface area (TPSA) is 14.1 Å². The molecule has 4 nitrogen and oxygen atoms in total. The van der Waals surface area contributed by atoms with Gasteiger partial charge in [-0.3, -0.25) is 0 Å². The summed E-state index contributed by atoms with van der Waals surface area (Å²) in [7, 11) is 0. The zero-order valence-electron chi connectivity index (χ0n) is 33.0. The van der Waals surface area contributed by atoms with E-state index in [1.54, 1.807) is 12.2 Å². The quantitative estimate of drug-likeness (QED) is 0.167. The van der Waals surface area contributed by atoms with Crippen LogP contribution in [0.5, 0.6) is 0 Å². The van der Waals surface area contributed by atoms with E-state index >= 15 is 8.78 Å². The van der Waals surface area contributed by atoms with Gasteiger partial charge in [-0.25, -0.2) is 8.78 Å². The summed E-state index contributed by atoms with van der Waals surface area (Å²) >= 11 is 0. The number of aromatic nitrogens is 1. The number of allylic oxidation sites excluding steroid dienone is 11. The highest BCUT2D eigenvalue weighted by molar-refractivity contribution is 6.28. The molecule has 0 N–H and O–H groups in total. The molecule has 4 aliphatic carbocycles. The number of benzene rings is 5. The van der Waals surface area contributed by atoms with Gasteiger partial charge in [-0.05, 0) is 116 Å². The summed E-state index contributed by atoms with van der Waals surface area (Å²) in [5.74, 6) is -0.325. The van der Waals surface area contributed by atoms with E-state index in [2.05, 4.69) is 122 Å². The molecule has 0 spiro atoms. The van der Waals surface area contributed by atoms with E-state index in [9.17, 15) is 0 Å². The summed E-state index contributed by atoms with van der Waals surface area (Å²) in [4.78, 5) is 6.89. The second kappa shape index (κ2) is 12.8. The first kappa shape index (κ1) is 34.0. The highest BCUT2D eigenvalue weighted by Gasteiger charge is 2.53. The van der Waals surface area contributed by atoms with Gasteiger partial charge in [-0.2, -0.15) is 0 Å². The SMILES string of the molecule is FC1=CCCC=C1N(C1=CC=C2c3cc4c(cc3N3C5=CCCC=C5[C@@H]1C23)c1ccc(N(C2=CCCC=C2F)c2ccccc2)c2c3ccccc3n4c12)c1ccccc1. The molecule has 6 aliphatic rings. The fraction of sp³-hybridized carbons (Fsp3) is 0.148. The van der Waals surface area contributed by atoms with E-state index in [-0.39, 0.29) is 23.6 Å². The minimum atomic E-state index is -0.188. The van der Waals surface area contributed by atoms with Gasteiger partial charge in [0.05, 0.1) is 51.3 Å². The summed E-state index contributed by atoms with van der Waals surface area (Å²) in [6, 6.07) is 38.5. The number of halogens is 2. The summed E-state index contributed by atoms with van der Waals surface area (Å²) in [6.07, 6.45) is 22.0. The molecule has 2 aliphatic heterocycles. The van der Waals surface area contributed by atoms with Crippen LogP contribution in [0.1, 0.15) is 44.1 Å². The average Bonchev–Trinajstić information content (AvgIpc) is 4.02. The molecule has 7 aromatic rings. The molecule has 1 fully saturated rings. The van der Waals surface area contributed by atoms with Crippen LogP contribution in [-0.2, 0) is 0 Å². The lowest BCUT2D eigenvalue weighted by Crippen LogP contribution is -2.36. The molecule has 1 saturated heterocycles. The van der Waals surface area contributed by atoms with Gasteiger partial charge in [0.1, 0.15) is 11.7 Å². The fourth-order valence-corrected chi connectivity index (χ4v) is 11.2. The highest BCUT2D eigenvalue weighted by atomic mass is 19.1. The smallest absolute Gasteiger partial charge is 0.142 e. The summed E-state index contributed by atoms with van der Waals surface area (Å²) in [6.45, 7) is 0. The Labute approximate surface area is 347 Å². The van der Waals surface area contributed by atoms with Gasteiger partial charge < -0.3 is 19.1 Å². The third-order valence-corrected chi connectivity index (χ3v) is 13.6. The van der Waals surface area contributed by atoms with Gasteiger partial charge in [0.15, 0.2) is 0 Å². The molecule has 290 valence electrons. The standard InChI is InChI=1S/C54H40F2N4/c55-41-21-9-13-25-45(41)57(33-15-3-1-4-16-33)47-29-27-35-39-31-50-40(32-49(39)59-43-23-11-7-19-37(43)51(47)53(35)59)36-28-30-48(52-38-20-8-12-24-44(38)60(50)54(36)52)58(34-17-5-2-6-18-34)46-26-14-10-22-42(46)56/h1-7,11,15-32,52,54H,8-10,12-14H2/t52-,54?/m0/s1. The second-order valence-electron chi connectivity index (χ2n) is 16.7. The Morgan fingerprint density at radius 1 is 0.533 bits per heavy atom. The molecule has 13 rings (SSSR count). The number of rotatable bonds is 6. The fourth-order valence-electron chi connectivity index (χ4n) is 11.2. The van der Waals surface area contributed by atoms with E-state index in [1.165, 1.54) is 38.9 Å². The molecule has 4 heterocycles. The predicted molar refractivity (Wildman–Crippen MR) is 243 cm³/mol. The number of fused-ring (bicyclic) bond motifs is 12. The lowest BCUT2D eigenvalue weighted by atomic mass is 9.80. The van der Waals surface area contributed by atoms with Crippen LogP contribution >= 0.6 is 0 Å². The Balaban J connectivity index is 1.05. The maximum Gasteiger partial charge on any atom is 0.142 e. The van der Waals surface area contributed by atoms with Crippen LogP contribution in [0.25, 0.3) is 43.7 Å². The number of nitrogens with zero attached hydrogens (tertiary/aromatic N) is 4. The molecule has 6 heteroatoms. The molecule has 2 atom stereocenters. The Morgan fingerprint density at radius 3 is 1.93 bits per heavy atom. The van der Waals surface area contributed by atoms with Crippen molar-refractivity contribution in [3.8, 4) is 0 Å². The monoisotopic (exact) mass is 782 g/mol. The van der Waals surface area contributed by atoms with Crippen LogP contribution in [0.4, 0.5) is 31.5 Å². The Bertz CT molecular complexity index is 3250. The van der Waals surface area contributed by atoms with E-state index in [1.807, 2.05) is 42.5 Å². The van der Waals surface area contributed by atoms with E-state index in [0.29, 0.717) is 24.2 Å². The van der Waals surface area contributed by atoms with Crippen molar-refractivity contribution in [2.24, 2.45) is 5.92 Å². The first-order chi connectivity index (χ1) is 29.7. The first-order valence-electron chi connectivity index (χ1n) is 21.4. The maximum absolute atomic E-state index is 15.9. The Morgan fingerprint density at radius 2 is 1.18 bits per heavy atom. The normalized spacial score (nSPS) is 20.5. The molecule has 0 bridgehead atoms. The molecule has 60 heavy (non-hydrogen) atoms. The molecule has 5 aromatic carbocycles. The van der Waals surface area contributed by atoms with Gasteiger partial charge in [-0.1, -0.05) is 91.0 Å². The van der Waals surface area contributed by atoms with Crippen molar-refractivity contribution in [2.45, 2.75) is 44.6 Å². The van der Waals surface area contributed by atoms with E-state index < -0.39 is 0 Å². The molecule has 0 saturated carbocycles. The van der Waals surface area contributed by atoms with Crippen LogP contribution in [0, 0.1) is 5.92 Å². The third-order valence-electron chi connectivity index (χ3n) is 13.6. The van der Waals surface area contributed by atoms with E-state index in [0.717, 1.165) is 75.8 Å². The summed E-state index contributed by atoms with van der Waals surface area (Å²) < 4.78 is 34.3. The van der Waals surface area contributed by atoms with Gasteiger partial charge in [0, 0.05) is 49.9 Å². The maximum atomic E-state index is 15.9. The zero-order chi connectivity index (χ0) is 39.6. The van der Waals surface area contributed by atoms with Crippen molar-refractivity contribution in [1.82, 2.24) is 4.40 Å². The molecule has 0 amide bonds. The zero-order valence-corrected chi connectivity index (χ0v) is 33.0. The van der Waals surface area contributed by atoms with Crippen LogP contribution in [0.15, 0.2) is 198 Å². The van der Waals surface area contributed by atoms with Gasteiger partial charge in [-0.15, -0.1) is 0 Å². The van der Waals surface area contributed by atoms with Gasteiger partial charge in [0.25, 0.3) is 0 Å². The van der Waals surface area contributed by atoms with Gasteiger partial charge in [0.2, 0.25) is 0 Å². The highest BCUT2D eigenvalue weighted by Crippen LogP contribution is 2.60. The number of para-hydroxylation sites is 3. The molecular formula is C54H40F2N4. The predicted octanol–water partition coefficient (Wildman–Crippen LogP) is 14.2. The number of hydrogen-bond donors (Lipinski definition) is 0. The third kappa shape index (κ3) is 4.59. The van der Waals surface area contributed by atoms with Crippen LogP contribution in [-0.4, -0.2) is 10.4 Å². The van der Waals surface area contributed by atoms with Crippen molar-refractivity contribution in [3.05, 3.63) is 203 Å². The Kier molecular flexibility index (Phi) is 7.25.